The van der Waals surface area contributed by atoms with Gasteiger partial charge in [0.05, 0.1) is 24.8 Å². The topological polar surface area (TPSA) is 150 Å². The molecule has 1 fully saturated rings. The molecule has 0 unspecified atom stereocenters. The summed E-state index contributed by atoms with van der Waals surface area (Å²) in [5.41, 5.74) is 12.0. The monoisotopic (exact) mass is 663 g/mol. The van der Waals surface area contributed by atoms with Gasteiger partial charge in [0.15, 0.2) is 5.82 Å². The Morgan fingerprint density at radius 2 is 1.60 bits per heavy atom. The minimum atomic E-state index is -0.815. The molecule has 0 spiro atoms. The van der Waals surface area contributed by atoms with Gasteiger partial charge in [-0.15, -0.1) is 0 Å². The zero-order chi connectivity index (χ0) is 34.3. The van der Waals surface area contributed by atoms with Crippen LogP contribution >= 0.6 is 0 Å². The fraction of sp³-hybridized carbons (Fsp3) is 0.154. The van der Waals surface area contributed by atoms with E-state index in [-0.39, 0.29) is 35.8 Å². The zero-order valence-electron chi connectivity index (χ0n) is 27.0. The predicted molar refractivity (Wildman–Crippen MR) is 186 cm³/mol. The number of nitrogen functional groups attached to an aromatic ring is 1. The lowest BCUT2D eigenvalue weighted by Crippen LogP contribution is -2.39. The number of ether oxygens (including phenoxy) is 2. The van der Waals surface area contributed by atoms with Crippen LogP contribution in [0, 0.1) is 11.3 Å². The Hall–Kier alpha value is -6.35. The third-order valence-corrected chi connectivity index (χ3v) is 8.57. The molecule has 0 bridgehead atoms. The minimum Gasteiger partial charge on any atom is -0.471 e. The van der Waals surface area contributed by atoms with Crippen molar-refractivity contribution in [2.24, 2.45) is 0 Å². The van der Waals surface area contributed by atoms with Crippen molar-refractivity contribution in [1.82, 2.24) is 25.0 Å². The lowest BCUT2D eigenvalue weighted by Gasteiger charge is -2.38. The van der Waals surface area contributed by atoms with Crippen LogP contribution in [0.4, 0.5) is 5.82 Å². The first-order valence-corrected chi connectivity index (χ1v) is 16.1. The van der Waals surface area contributed by atoms with Gasteiger partial charge in [-0.2, -0.15) is 10.2 Å². The summed E-state index contributed by atoms with van der Waals surface area (Å²) in [5.74, 6) is -0.0351. The Bertz CT molecular complexity index is 2030. The van der Waals surface area contributed by atoms with Crippen LogP contribution in [0.3, 0.4) is 0 Å². The van der Waals surface area contributed by atoms with E-state index in [9.17, 15) is 10.1 Å². The SMILES string of the molecule is N#Cc1cccc(-c2nc(N)c(C(=O)NOCc3nccn3C(c3ccccc3)(c3ccccc3)c3ccccc3)c(O[C@H]3CCOC3)n2)c1. The highest BCUT2D eigenvalue weighted by atomic mass is 16.7. The number of rotatable bonds is 11. The number of amides is 1. The largest absolute Gasteiger partial charge is 0.471 e. The van der Waals surface area contributed by atoms with Crippen molar-refractivity contribution in [2.75, 3.05) is 18.9 Å². The number of benzene rings is 4. The van der Waals surface area contributed by atoms with Crippen molar-refractivity contribution in [3.05, 3.63) is 161 Å². The van der Waals surface area contributed by atoms with Crippen molar-refractivity contribution in [3.63, 3.8) is 0 Å². The maximum atomic E-state index is 13.7. The number of nitrogens with zero attached hydrogens (tertiary/aromatic N) is 5. The molecule has 4 aromatic carbocycles. The molecule has 3 heterocycles. The van der Waals surface area contributed by atoms with E-state index in [0.29, 0.717) is 36.6 Å². The average molecular weight is 664 g/mol. The van der Waals surface area contributed by atoms with Crippen LogP contribution in [0.15, 0.2) is 128 Å². The number of hydrogen-bond donors (Lipinski definition) is 2. The lowest BCUT2D eigenvalue weighted by atomic mass is 9.76. The number of aromatic nitrogens is 4. The molecule has 0 aliphatic carbocycles. The van der Waals surface area contributed by atoms with Crippen molar-refractivity contribution in [2.45, 2.75) is 24.7 Å². The number of anilines is 1. The van der Waals surface area contributed by atoms with Gasteiger partial charge in [0.25, 0.3) is 5.91 Å². The van der Waals surface area contributed by atoms with E-state index in [1.54, 1.807) is 30.5 Å². The zero-order valence-corrected chi connectivity index (χ0v) is 27.0. The molecule has 1 aliphatic heterocycles. The first-order valence-electron chi connectivity index (χ1n) is 16.1. The Labute approximate surface area is 288 Å². The molecule has 1 atom stereocenters. The van der Waals surface area contributed by atoms with Gasteiger partial charge in [-0.25, -0.2) is 15.4 Å². The number of nitriles is 1. The quantitative estimate of drug-likeness (QED) is 0.132. The van der Waals surface area contributed by atoms with E-state index in [2.05, 4.69) is 67.5 Å². The van der Waals surface area contributed by atoms with Crippen molar-refractivity contribution >= 4 is 11.7 Å². The molecule has 11 heteroatoms. The van der Waals surface area contributed by atoms with Gasteiger partial charge in [0.1, 0.15) is 35.5 Å². The van der Waals surface area contributed by atoms with Crippen LogP contribution in [0.5, 0.6) is 5.88 Å². The standard InChI is InChI=1S/C39H33N7O4/c40-24-27-11-10-12-28(23-27)36-43-35(41)34(38(44-36)50-32-19-22-48-25-32)37(47)45-49-26-33-42-20-21-46(33)39(29-13-4-1-5-14-29,30-15-6-2-7-16-30)31-17-8-3-9-18-31/h1-18,20-21,23,32H,19,22,25-26H2,(H,45,47)(H2,41,43,44)/t32-/m0/s1. The molecular weight excluding hydrogens is 630 g/mol. The van der Waals surface area contributed by atoms with Gasteiger partial charge in [0, 0.05) is 24.4 Å². The molecule has 2 aromatic heterocycles. The highest BCUT2D eigenvalue weighted by Crippen LogP contribution is 2.41. The van der Waals surface area contributed by atoms with Crippen LogP contribution in [0.1, 0.15) is 44.9 Å². The van der Waals surface area contributed by atoms with E-state index in [1.807, 2.05) is 60.8 Å². The van der Waals surface area contributed by atoms with E-state index in [1.165, 1.54) is 0 Å². The van der Waals surface area contributed by atoms with Gasteiger partial charge < -0.3 is 19.8 Å². The number of carbonyl (C=O) groups excluding carboxylic acids is 1. The fourth-order valence-corrected chi connectivity index (χ4v) is 6.30. The number of hydroxylamine groups is 1. The van der Waals surface area contributed by atoms with Crippen LogP contribution < -0.4 is 16.0 Å². The fourth-order valence-electron chi connectivity index (χ4n) is 6.30. The Morgan fingerprint density at radius 1 is 0.940 bits per heavy atom. The molecule has 0 saturated carbocycles. The van der Waals surface area contributed by atoms with Crippen LogP contribution in [-0.4, -0.2) is 44.7 Å². The second-order valence-corrected chi connectivity index (χ2v) is 11.7. The minimum absolute atomic E-state index is 0.00999. The van der Waals surface area contributed by atoms with E-state index < -0.39 is 11.4 Å². The van der Waals surface area contributed by atoms with Crippen molar-refractivity contribution in [1.29, 1.82) is 5.26 Å². The molecule has 248 valence electrons. The molecule has 1 saturated heterocycles. The predicted octanol–water partition coefficient (Wildman–Crippen LogP) is 5.66. The summed E-state index contributed by atoms with van der Waals surface area (Å²) in [4.78, 5) is 33.2. The average Bonchev–Trinajstić information content (AvgIpc) is 3.86. The second-order valence-electron chi connectivity index (χ2n) is 11.7. The van der Waals surface area contributed by atoms with Gasteiger partial charge in [-0.3, -0.25) is 9.63 Å². The van der Waals surface area contributed by atoms with E-state index in [4.69, 9.17) is 20.0 Å². The maximum Gasteiger partial charge on any atom is 0.284 e. The summed E-state index contributed by atoms with van der Waals surface area (Å²) >= 11 is 0. The van der Waals surface area contributed by atoms with Crippen LogP contribution in [-0.2, 0) is 21.7 Å². The van der Waals surface area contributed by atoms with Gasteiger partial charge in [0.2, 0.25) is 5.88 Å². The van der Waals surface area contributed by atoms with Gasteiger partial charge in [-0.1, -0.05) is 103 Å². The summed E-state index contributed by atoms with van der Waals surface area (Å²) in [6, 6.07) is 39.5. The molecule has 0 radical (unpaired) electrons. The highest BCUT2D eigenvalue weighted by molar-refractivity contribution is 6.00. The third-order valence-electron chi connectivity index (χ3n) is 8.57. The maximum absolute atomic E-state index is 13.7. The number of nitrogens with one attached hydrogen (secondary N) is 1. The first kappa shape index (κ1) is 32.2. The number of imidazole rings is 1. The normalized spacial score (nSPS) is 14.2. The number of nitrogens with two attached hydrogens (primary N) is 1. The van der Waals surface area contributed by atoms with Crippen LogP contribution in [0.25, 0.3) is 11.4 Å². The Morgan fingerprint density at radius 3 is 2.20 bits per heavy atom. The van der Waals surface area contributed by atoms with Gasteiger partial charge in [-0.05, 0) is 28.8 Å². The summed E-state index contributed by atoms with van der Waals surface area (Å²) in [7, 11) is 0. The van der Waals surface area contributed by atoms with Crippen molar-refractivity contribution < 1.29 is 19.1 Å². The first-order chi connectivity index (χ1) is 24.6. The lowest BCUT2D eigenvalue weighted by molar-refractivity contribution is 0.0190. The Kier molecular flexibility index (Phi) is 9.28. The molecule has 3 N–H and O–H groups in total. The number of hydrogen-bond acceptors (Lipinski definition) is 9. The number of carbonyl (C=O) groups is 1. The van der Waals surface area contributed by atoms with Crippen molar-refractivity contribution in [3.8, 4) is 23.3 Å². The molecule has 1 amide bonds. The smallest absolute Gasteiger partial charge is 0.284 e. The molecule has 50 heavy (non-hydrogen) atoms. The summed E-state index contributed by atoms with van der Waals surface area (Å²) in [5, 5.41) is 9.38. The van der Waals surface area contributed by atoms with E-state index >= 15 is 0 Å². The second kappa shape index (κ2) is 14.4. The highest BCUT2D eigenvalue weighted by Gasteiger charge is 2.39. The Balaban J connectivity index is 1.21. The van der Waals surface area contributed by atoms with Gasteiger partial charge >= 0.3 is 0 Å². The molecule has 7 rings (SSSR count). The molecular formula is C39H33N7O4. The van der Waals surface area contributed by atoms with Crippen LogP contribution in [0.2, 0.25) is 0 Å². The molecule has 6 aromatic rings. The molecule has 11 nitrogen and oxygen atoms in total. The third kappa shape index (κ3) is 6.28. The van der Waals surface area contributed by atoms with E-state index in [0.717, 1.165) is 16.7 Å². The summed E-state index contributed by atoms with van der Waals surface area (Å²) in [6.07, 6.45) is 3.92. The summed E-state index contributed by atoms with van der Waals surface area (Å²) in [6.45, 7) is 0.783. The molecule has 1 aliphatic rings. The summed E-state index contributed by atoms with van der Waals surface area (Å²) < 4.78 is 13.7.